The van der Waals surface area contributed by atoms with E-state index in [-0.39, 0.29) is 6.61 Å². The molecule has 0 amide bonds. The molecule has 1 N–H and O–H groups in total. The van der Waals surface area contributed by atoms with E-state index in [0.717, 1.165) is 22.4 Å². The molecule has 0 aliphatic heterocycles. The van der Waals surface area contributed by atoms with E-state index in [1.807, 2.05) is 42.5 Å². The molecule has 0 saturated heterocycles. The van der Waals surface area contributed by atoms with Gasteiger partial charge in [-0.25, -0.2) is 4.98 Å². The summed E-state index contributed by atoms with van der Waals surface area (Å²) in [4.78, 5) is 7.84. The highest BCUT2D eigenvalue weighted by Gasteiger charge is 2.14. The summed E-state index contributed by atoms with van der Waals surface area (Å²) < 4.78 is 11.5. The summed E-state index contributed by atoms with van der Waals surface area (Å²) in [6.45, 7) is -0.0427. The smallest absolute Gasteiger partial charge is 0.176 e. The number of H-pyrrole nitrogens is 1. The third kappa shape index (κ3) is 2.63. The van der Waals surface area contributed by atoms with E-state index in [1.54, 1.807) is 7.11 Å². The number of para-hydroxylation sites is 2. The average molecular weight is 358 g/mol. The maximum absolute atomic E-state index is 8.65. The number of hydrogen-bond acceptors (Lipinski definition) is 4. The Morgan fingerprint density at radius 2 is 2.14 bits per heavy atom. The van der Waals surface area contributed by atoms with Crippen LogP contribution < -0.4 is 9.47 Å². The van der Waals surface area contributed by atoms with Crippen LogP contribution in [0.4, 0.5) is 0 Å². The fraction of sp³-hybridized carbons (Fsp3) is 0.125. The Morgan fingerprint density at radius 3 is 2.86 bits per heavy atom. The molecular weight excluding hydrogens is 346 g/mol. The van der Waals surface area contributed by atoms with Gasteiger partial charge >= 0.3 is 0 Å². The molecule has 6 heteroatoms. The highest BCUT2D eigenvalue weighted by Crippen LogP contribution is 2.39. The number of rotatable bonds is 4. The molecule has 5 nitrogen and oxygen atoms in total. The molecule has 0 bridgehead atoms. The SMILES string of the molecule is COc1cc(-c2nc3ccccc3[nH]2)cc(Br)c1OCC#N. The number of aromatic nitrogens is 2. The number of imidazole rings is 1. The first kappa shape index (κ1) is 14.4. The van der Waals surface area contributed by atoms with Crippen molar-refractivity contribution < 1.29 is 9.47 Å². The van der Waals surface area contributed by atoms with Crippen LogP contribution in [0.1, 0.15) is 0 Å². The zero-order chi connectivity index (χ0) is 15.5. The van der Waals surface area contributed by atoms with Gasteiger partial charge in [-0.1, -0.05) is 12.1 Å². The average Bonchev–Trinajstić information content (AvgIpc) is 2.97. The number of nitrogens with zero attached hydrogens (tertiary/aromatic N) is 2. The van der Waals surface area contributed by atoms with Crippen molar-refractivity contribution in [1.82, 2.24) is 9.97 Å². The van der Waals surface area contributed by atoms with Gasteiger partial charge in [-0.05, 0) is 40.2 Å². The lowest BCUT2D eigenvalue weighted by molar-refractivity contribution is 0.328. The van der Waals surface area contributed by atoms with Crippen molar-refractivity contribution in [3.63, 3.8) is 0 Å². The number of fused-ring (bicyclic) bond motifs is 1. The van der Waals surface area contributed by atoms with Crippen LogP contribution in [-0.2, 0) is 0 Å². The number of aromatic amines is 1. The van der Waals surface area contributed by atoms with Gasteiger partial charge in [0, 0.05) is 5.56 Å². The van der Waals surface area contributed by atoms with Gasteiger partial charge in [0.25, 0.3) is 0 Å². The summed E-state index contributed by atoms with van der Waals surface area (Å²) in [6, 6.07) is 13.5. The van der Waals surface area contributed by atoms with E-state index in [9.17, 15) is 0 Å². The minimum absolute atomic E-state index is 0.0427. The molecule has 22 heavy (non-hydrogen) atoms. The lowest BCUT2D eigenvalue weighted by Gasteiger charge is -2.11. The molecule has 1 heterocycles. The maximum atomic E-state index is 8.65. The van der Waals surface area contributed by atoms with E-state index in [4.69, 9.17) is 14.7 Å². The molecule has 0 aliphatic rings. The minimum Gasteiger partial charge on any atom is -0.493 e. The van der Waals surface area contributed by atoms with E-state index in [2.05, 4.69) is 25.9 Å². The Kier molecular flexibility index (Phi) is 3.98. The first-order valence-corrected chi connectivity index (χ1v) is 7.34. The fourth-order valence-corrected chi connectivity index (χ4v) is 2.75. The minimum atomic E-state index is -0.0427. The molecular formula is C16H12BrN3O2. The summed E-state index contributed by atoms with van der Waals surface area (Å²) in [5.41, 5.74) is 2.74. The first-order chi connectivity index (χ1) is 10.7. The molecule has 2 aromatic carbocycles. The van der Waals surface area contributed by atoms with Crippen LogP contribution in [0.5, 0.6) is 11.5 Å². The molecule has 110 valence electrons. The largest absolute Gasteiger partial charge is 0.493 e. The van der Waals surface area contributed by atoms with Gasteiger partial charge < -0.3 is 14.5 Å². The van der Waals surface area contributed by atoms with Crippen molar-refractivity contribution in [3.8, 4) is 29.0 Å². The van der Waals surface area contributed by atoms with E-state index < -0.39 is 0 Å². The molecule has 0 unspecified atom stereocenters. The Morgan fingerprint density at radius 1 is 1.32 bits per heavy atom. The van der Waals surface area contributed by atoms with Crippen LogP contribution in [0.15, 0.2) is 40.9 Å². The van der Waals surface area contributed by atoms with Gasteiger partial charge in [-0.2, -0.15) is 5.26 Å². The van der Waals surface area contributed by atoms with Crippen LogP contribution >= 0.6 is 15.9 Å². The van der Waals surface area contributed by atoms with Crippen LogP contribution in [-0.4, -0.2) is 23.7 Å². The van der Waals surface area contributed by atoms with E-state index in [1.165, 1.54) is 0 Å². The topological polar surface area (TPSA) is 70.9 Å². The predicted octanol–water partition coefficient (Wildman–Crippen LogP) is 3.90. The molecule has 0 spiro atoms. The van der Waals surface area contributed by atoms with Gasteiger partial charge in [0.2, 0.25) is 0 Å². The Balaban J connectivity index is 2.07. The third-order valence-electron chi connectivity index (χ3n) is 3.17. The second-order valence-electron chi connectivity index (χ2n) is 4.54. The van der Waals surface area contributed by atoms with Crippen molar-refractivity contribution in [2.24, 2.45) is 0 Å². The van der Waals surface area contributed by atoms with Crippen molar-refractivity contribution in [2.45, 2.75) is 0 Å². The van der Waals surface area contributed by atoms with Crippen molar-refractivity contribution in [2.75, 3.05) is 13.7 Å². The lowest BCUT2D eigenvalue weighted by Crippen LogP contribution is -1.98. The van der Waals surface area contributed by atoms with E-state index >= 15 is 0 Å². The van der Waals surface area contributed by atoms with E-state index in [0.29, 0.717) is 16.0 Å². The number of nitrogens with one attached hydrogen (secondary N) is 1. The summed E-state index contributed by atoms with van der Waals surface area (Å²) in [7, 11) is 1.56. The molecule has 3 aromatic rings. The van der Waals surface area contributed by atoms with Gasteiger partial charge in [0.05, 0.1) is 22.6 Å². The normalized spacial score (nSPS) is 10.4. The highest BCUT2D eigenvalue weighted by atomic mass is 79.9. The molecule has 3 rings (SSSR count). The van der Waals surface area contributed by atoms with Crippen molar-refractivity contribution in [1.29, 1.82) is 5.26 Å². The van der Waals surface area contributed by atoms with Crippen LogP contribution in [0, 0.1) is 11.3 Å². The monoisotopic (exact) mass is 357 g/mol. The lowest BCUT2D eigenvalue weighted by atomic mass is 10.2. The predicted molar refractivity (Wildman–Crippen MR) is 86.9 cm³/mol. The number of halogens is 1. The Labute approximate surface area is 135 Å². The first-order valence-electron chi connectivity index (χ1n) is 6.55. The van der Waals surface area contributed by atoms with Gasteiger partial charge in [-0.3, -0.25) is 0 Å². The molecule has 0 aliphatic carbocycles. The molecule has 0 radical (unpaired) electrons. The maximum Gasteiger partial charge on any atom is 0.176 e. The number of methoxy groups -OCH3 is 1. The van der Waals surface area contributed by atoms with Crippen LogP contribution in [0.2, 0.25) is 0 Å². The van der Waals surface area contributed by atoms with Crippen LogP contribution in [0.25, 0.3) is 22.4 Å². The summed E-state index contributed by atoms with van der Waals surface area (Å²) >= 11 is 3.45. The Hall–Kier alpha value is -2.52. The van der Waals surface area contributed by atoms with Gasteiger partial charge in [0.15, 0.2) is 18.1 Å². The van der Waals surface area contributed by atoms with Crippen molar-refractivity contribution in [3.05, 3.63) is 40.9 Å². The molecule has 1 aromatic heterocycles. The number of nitriles is 1. The van der Waals surface area contributed by atoms with Crippen LogP contribution in [0.3, 0.4) is 0 Å². The quantitative estimate of drug-likeness (QED) is 0.768. The summed E-state index contributed by atoms with van der Waals surface area (Å²) in [5, 5.41) is 8.65. The van der Waals surface area contributed by atoms with Gasteiger partial charge in [0.1, 0.15) is 11.9 Å². The van der Waals surface area contributed by atoms with Gasteiger partial charge in [-0.15, -0.1) is 0 Å². The second-order valence-corrected chi connectivity index (χ2v) is 5.39. The summed E-state index contributed by atoms with van der Waals surface area (Å²) in [6.07, 6.45) is 0. The zero-order valence-corrected chi connectivity index (χ0v) is 13.3. The molecule has 0 atom stereocenters. The highest BCUT2D eigenvalue weighted by molar-refractivity contribution is 9.10. The fourth-order valence-electron chi connectivity index (χ4n) is 2.19. The zero-order valence-electron chi connectivity index (χ0n) is 11.8. The standard InChI is InChI=1S/C16H12BrN3O2/c1-21-14-9-10(8-11(17)15(14)22-7-6-18)16-19-12-4-2-3-5-13(12)20-16/h2-5,8-9H,7H2,1H3,(H,19,20). The number of ether oxygens (including phenoxy) is 2. The second kappa shape index (κ2) is 6.08. The number of benzene rings is 2. The number of hydrogen-bond donors (Lipinski definition) is 1. The Bertz CT molecular complexity index is 834. The molecule has 0 fully saturated rings. The molecule has 0 saturated carbocycles. The summed E-state index contributed by atoms with van der Waals surface area (Å²) in [5.74, 6) is 1.79. The third-order valence-corrected chi connectivity index (χ3v) is 3.76. The van der Waals surface area contributed by atoms with Crippen molar-refractivity contribution >= 4 is 27.0 Å².